The van der Waals surface area contributed by atoms with Crippen molar-refractivity contribution in [1.29, 1.82) is 0 Å². The normalized spacial score (nSPS) is 17.9. The quantitative estimate of drug-likeness (QED) is 0.386. The standard InChI is InChI=1S/C28H27N7O/c1-30-28(36)19-9-12-21(13-10-19)35-27-24(26(29)31-16-32-27)25(34-35)20-8-7-18-11-14-22(33-23(18)15-20)17-5-3-2-4-6-17/h2-8,11,14-16,19,21H,9-10,12-13H2,1H3,(H,30,36)(H2,29,31,32). The maximum atomic E-state index is 12.1. The van der Waals surface area contributed by atoms with Gasteiger partial charge >= 0.3 is 0 Å². The molecule has 1 aliphatic carbocycles. The van der Waals surface area contributed by atoms with E-state index in [1.54, 1.807) is 7.05 Å². The van der Waals surface area contributed by atoms with Crippen molar-refractivity contribution in [2.75, 3.05) is 12.8 Å². The van der Waals surface area contributed by atoms with Gasteiger partial charge in [0.2, 0.25) is 5.91 Å². The minimum atomic E-state index is 0.0533. The second-order valence-corrected chi connectivity index (χ2v) is 9.34. The van der Waals surface area contributed by atoms with E-state index in [2.05, 4.69) is 45.6 Å². The molecule has 6 rings (SSSR count). The van der Waals surface area contributed by atoms with Gasteiger partial charge in [-0.3, -0.25) is 4.79 Å². The van der Waals surface area contributed by atoms with Crippen LogP contribution in [0.3, 0.4) is 0 Å². The van der Waals surface area contributed by atoms with Crippen molar-refractivity contribution in [3.05, 3.63) is 67.0 Å². The molecule has 0 unspecified atom stereocenters. The van der Waals surface area contributed by atoms with E-state index in [-0.39, 0.29) is 17.9 Å². The topological polar surface area (TPSA) is 112 Å². The summed E-state index contributed by atoms with van der Waals surface area (Å²) in [7, 11) is 1.70. The van der Waals surface area contributed by atoms with Crippen LogP contribution in [0.25, 0.3) is 44.5 Å². The number of aromatic nitrogens is 5. The summed E-state index contributed by atoms with van der Waals surface area (Å²) in [6.45, 7) is 0. The number of hydrogen-bond donors (Lipinski definition) is 2. The molecule has 1 fully saturated rings. The largest absolute Gasteiger partial charge is 0.383 e. The highest BCUT2D eigenvalue weighted by molar-refractivity contribution is 6.00. The Bertz CT molecular complexity index is 1570. The Kier molecular flexibility index (Phi) is 5.56. The molecular formula is C28H27N7O. The van der Waals surface area contributed by atoms with Crippen LogP contribution in [-0.2, 0) is 4.79 Å². The summed E-state index contributed by atoms with van der Waals surface area (Å²) >= 11 is 0. The lowest BCUT2D eigenvalue weighted by Crippen LogP contribution is -2.31. The molecule has 1 saturated carbocycles. The summed E-state index contributed by atoms with van der Waals surface area (Å²) in [5.74, 6) is 0.577. The lowest BCUT2D eigenvalue weighted by molar-refractivity contribution is -0.125. The second-order valence-electron chi connectivity index (χ2n) is 9.34. The molecule has 0 aliphatic heterocycles. The van der Waals surface area contributed by atoms with E-state index in [0.29, 0.717) is 5.82 Å². The molecule has 5 aromatic rings. The van der Waals surface area contributed by atoms with Crippen molar-refractivity contribution in [2.24, 2.45) is 5.92 Å². The molecule has 0 atom stereocenters. The van der Waals surface area contributed by atoms with E-state index >= 15 is 0 Å². The number of nitrogens with zero attached hydrogens (tertiary/aromatic N) is 5. The summed E-state index contributed by atoms with van der Waals surface area (Å²) < 4.78 is 1.99. The third-order valence-corrected chi connectivity index (χ3v) is 7.21. The van der Waals surface area contributed by atoms with Crippen LogP contribution in [0.4, 0.5) is 5.82 Å². The number of carbonyl (C=O) groups is 1. The van der Waals surface area contributed by atoms with Gasteiger partial charge in [0, 0.05) is 29.5 Å². The average molecular weight is 478 g/mol. The first-order chi connectivity index (χ1) is 17.6. The van der Waals surface area contributed by atoms with E-state index in [1.807, 2.05) is 35.0 Å². The van der Waals surface area contributed by atoms with Crippen molar-refractivity contribution in [2.45, 2.75) is 31.7 Å². The summed E-state index contributed by atoms with van der Waals surface area (Å²) in [4.78, 5) is 25.9. The molecule has 36 heavy (non-hydrogen) atoms. The molecule has 0 saturated heterocycles. The van der Waals surface area contributed by atoms with Gasteiger partial charge in [0.1, 0.15) is 17.8 Å². The molecule has 1 aliphatic rings. The summed E-state index contributed by atoms with van der Waals surface area (Å²) in [6, 6.07) is 20.6. The zero-order chi connectivity index (χ0) is 24.6. The molecule has 0 bridgehead atoms. The molecule has 3 aromatic heterocycles. The van der Waals surface area contributed by atoms with E-state index in [0.717, 1.165) is 70.1 Å². The summed E-state index contributed by atoms with van der Waals surface area (Å²) in [6.07, 6.45) is 4.85. The number of rotatable bonds is 4. The van der Waals surface area contributed by atoms with Gasteiger partial charge in [-0.15, -0.1) is 0 Å². The minimum absolute atomic E-state index is 0.0533. The van der Waals surface area contributed by atoms with Crippen molar-refractivity contribution in [3.63, 3.8) is 0 Å². The van der Waals surface area contributed by atoms with Crippen LogP contribution in [0.2, 0.25) is 0 Å². The van der Waals surface area contributed by atoms with Gasteiger partial charge in [-0.2, -0.15) is 5.10 Å². The Morgan fingerprint density at radius 1 is 0.972 bits per heavy atom. The van der Waals surface area contributed by atoms with Crippen LogP contribution in [-0.4, -0.2) is 37.7 Å². The van der Waals surface area contributed by atoms with Gasteiger partial charge < -0.3 is 11.1 Å². The maximum Gasteiger partial charge on any atom is 0.222 e. The smallest absolute Gasteiger partial charge is 0.222 e. The highest BCUT2D eigenvalue weighted by atomic mass is 16.1. The van der Waals surface area contributed by atoms with Crippen molar-refractivity contribution >= 4 is 33.7 Å². The first-order valence-electron chi connectivity index (χ1n) is 12.3. The molecule has 8 heteroatoms. The lowest BCUT2D eigenvalue weighted by atomic mass is 9.85. The monoisotopic (exact) mass is 477 g/mol. The molecule has 1 amide bonds. The van der Waals surface area contributed by atoms with Gasteiger partial charge in [-0.05, 0) is 37.8 Å². The fourth-order valence-electron chi connectivity index (χ4n) is 5.27. The van der Waals surface area contributed by atoms with E-state index in [9.17, 15) is 4.79 Å². The van der Waals surface area contributed by atoms with Crippen LogP contribution in [0.15, 0.2) is 67.0 Å². The zero-order valence-electron chi connectivity index (χ0n) is 20.1. The molecule has 0 radical (unpaired) electrons. The molecule has 8 nitrogen and oxygen atoms in total. The number of amides is 1. The first kappa shape index (κ1) is 22.2. The molecule has 0 spiro atoms. The predicted octanol–water partition coefficient (Wildman–Crippen LogP) is 4.77. The fourth-order valence-corrected chi connectivity index (χ4v) is 5.27. The van der Waals surface area contributed by atoms with Crippen molar-refractivity contribution in [1.82, 2.24) is 30.0 Å². The number of fused-ring (bicyclic) bond motifs is 2. The van der Waals surface area contributed by atoms with Gasteiger partial charge in [-0.1, -0.05) is 48.5 Å². The molecule has 3 heterocycles. The lowest BCUT2D eigenvalue weighted by Gasteiger charge is -2.27. The Hall–Kier alpha value is -4.33. The number of pyridine rings is 1. The van der Waals surface area contributed by atoms with Crippen molar-refractivity contribution < 1.29 is 4.79 Å². The summed E-state index contributed by atoms with van der Waals surface area (Å²) in [5.41, 5.74) is 11.6. The van der Waals surface area contributed by atoms with Crippen LogP contribution in [0, 0.1) is 5.92 Å². The number of nitrogens with one attached hydrogen (secondary N) is 1. The highest BCUT2D eigenvalue weighted by Gasteiger charge is 2.29. The van der Waals surface area contributed by atoms with Gasteiger partial charge in [-0.25, -0.2) is 19.6 Å². The van der Waals surface area contributed by atoms with Crippen LogP contribution in [0.1, 0.15) is 31.7 Å². The van der Waals surface area contributed by atoms with Crippen LogP contribution < -0.4 is 11.1 Å². The van der Waals surface area contributed by atoms with E-state index in [1.165, 1.54) is 6.33 Å². The number of nitrogens with two attached hydrogens (primary N) is 1. The third-order valence-electron chi connectivity index (χ3n) is 7.21. The average Bonchev–Trinajstić information content (AvgIpc) is 3.33. The molecule has 3 N–H and O–H groups in total. The fraction of sp³-hybridized carbons (Fsp3) is 0.250. The van der Waals surface area contributed by atoms with Crippen LogP contribution >= 0.6 is 0 Å². The zero-order valence-corrected chi connectivity index (χ0v) is 20.1. The highest BCUT2D eigenvalue weighted by Crippen LogP contribution is 2.38. The predicted molar refractivity (Wildman–Crippen MR) is 141 cm³/mol. The second kappa shape index (κ2) is 9.03. The number of hydrogen-bond acceptors (Lipinski definition) is 6. The third kappa shape index (κ3) is 3.84. The number of carbonyl (C=O) groups excluding carboxylic acids is 1. The Morgan fingerprint density at radius 3 is 2.53 bits per heavy atom. The number of benzene rings is 2. The molecule has 2 aromatic carbocycles. The Balaban J connectivity index is 1.42. The van der Waals surface area contributed by atoms with Crippen molar-refractivity contribution in [3.8, 4) is 22.5 Å². The number of nitrogen functional groups attached to an aromatic ring is 1. The van der Waals surface area contributed by atoms with Crippen LogP contribution in [0.5, 0.6) is 0 Å². The van der Waals surface area contributed by atoms with Gasteiger partial charge in [0.15, 0.2) is 5.65 Å². The molecular weight excluding hydrogens is 450 g/mol. The van der Waals surface area contributed by atoms with E-state index < -0.39 is 0 Å². The molecule has 180 valence electrons. The summed E-state index contributed by atoms with van der Waals surface area (Å²) in [5, 5.41) is 9.61. The minimum Gasteiger partial charge on any atom is -0.383 e. The first-order valence-corrected chi connectivity index (χ1v) is 12.3. The van der Waals surface area contributed by atoms with Gasteiger partial charge in [0.05, 0.1) is 22.6 Å². The Morgan fingerprint density at radius 2 is 1.75 bits per heavy atom. The number of anilines is 1. The van der Waals surface area contributed by atoms with Gasteiger partial charge in [0.25, 0.3) is 0 Å². The van der Waals surface area contributed by atoms with E-state index in [4.69, 9.17) is 15.8 Å². The maximum absolute atomic E-state index is 12.1. The SMILES string of the molecule is CNC(=O)C1CCC(n2nc(-c3ccc4ccc(-c5ccccc5)nc4c3)c3c(N)ncnc32)CC1. The Labute approximate surface area is 208 Å².